The zero-order valence-electron chi connectivity index (χ0n) is 21.1. The smallest absolute Gasteiger partial charge is 0.330 e. The van der Waals surface area contributed by atoms with Crippen molar-refractivity contribution in [2.24, 2.45) is 0 Å². The third kappa shape index (κ3) is 5.70. The Kier molecular flexibility index (Phi) is 8.97. The molecule has 1 amide bonds. The minimum Gasteiger partial charge on any atom is -0.497 e. The first-order valence-electron chi connectivity index (χ1n) is 12.2. The van der Waals surface area contributed by atoms with Crippen LogP contribution in [0.1, 0.15) is 57.6 Å². The standard InChI is InChI=1S/C25H37N5O5/c1-5-7-14-29(22-23(26)30(12-6-2)25(33)27-24(22)32)21(31)16-28-13-8-9-19(28)18-11-10-17(34-3)15-20(18)35-4/h10-11,15,19H,5-9,12-14,16,26H2,1-4H3,(H,27,32,33). The van der Waals surface area contributed by atoms with Crippen LogP contribution in [-0.4, -0.2) is 54.2 Å². The number of likely N-dealkylation sites (tertiary alicyclic amines) is 1. The molecule has 192 valence electrons. The fourth-order valence-electron chi connectivity index (χ4n) is 4.68. The maximum Gasteiger partial charge on any atom is 0.330 e. The van der Waals surface area contributed by atoms with E-state index < -0.39 is 11.2 Å². The molecule has 3 N–H and O–H groups in total. The number of nitrogen functional groups attached to an aromatic ring is 1. The summed E-state index contributed by atoms with van der Waals surface area (Å²) in [5, 5.41) is 0. The number of unbranched alkanes of at least 4 members (excludes halogenated alkanes) is 1. The van der Waals surface area contributed by atoms with Crippen molar-refractivity contribution in [3.05, 3.63) is 44.6 Å². The summed E-state index contributed by atoms with van der Waals surface area (Å²) in [6.45, 7) is 5.50. The van der Waals surface area contributed by atoms with Crippen molar-refractivity contribution < 1.29 is 14.3 Å². The number of aromatic amines is 1. The molecule has 35 heavy (non-hydrogen) atoms. The SMILES string of the molecule is CCCCN(C(=O)CN1CCCC1c1ccc(OC)cc1OC)c1c(N)n(CCC)c(=O)[nH]c1=O. The van der Waals surface area contributed by atoms with Gasteiger partial charge in [-0.05, 0) is 38.3 Å². The van der Waals surface area contributed by atoms with Gasteiger partial charge in [-0.3, -0.25) is 24.0 Å². The summed E-state index contributed by atoms with van der Waals surface area (Å²) in [5.74, 6) is 1.22. The molecule has 3 rings (SSSR count). The van der Waals surface area contributed by atoms with Crippen molar-refractivity contribution in [1.29, 1.82) is 0 Å². The van der Waals surface area contributed by atoms with Crippen LogP contribution in [0.2, 0.25) is 0 Å². The third-order valence-electron chi connectivity index (χ3n) is 6.47. The number of amides is 1. The number of methoxy groups -OCH3 is 2. The second kappa shape index (κ2) is 11.9. The van der Waals surface area contributed by atoms with Crippen LogP contribution in [-0.2, 0) is 11.3 Å². The van der Waals surface area contributed by atoms with Crippen molar-refractivity contribution in [2.75, 3.05) is 44.5 Å². The van der Waals surface area contributed by atoms with Crippen LogP contribution in [0.25, 0.3) is 0 Å². The molecule has 1 fully saturated rings. The Bertz CT molecular complexity index is 1140. The van der Waals surface area contributed by atoms with Crippen molar-refractivity contribution in [1.82, 2.24) is 14.5 Å². The first-order valence-corrected chi connectivity index (χ1v) is 12.2. The normalized spacial score (nSPS) is 15.8. The van der Waals surface area contributed by atoms with E-state index in [1.165, 1.54) is 9.47 Å². The Morgan fingerprint density at radius 1 is 1.20 bits per heavy atom. The highest BCUT2D eigenvalue weighted by atomic mass is 16.5. The molecule has 1 aromatic heterocycles. The molecule has 2 aromatic rings. The minimum absolute atomic E-state index is 0.00231. The number of nitrogens with two attached hydrogens (primary N) is 1. The highest BCUT2D eigenvalue weighted by molar-refractivity contribution is 5.96. The average Bonchev–Trinajstić information content (AvgIpc) is 3.30. The highest BCUT2D eigenvalue weighted by Gasteiger charge is 2.32. The van der Waals surface area contributed by atoms with E-state index in [2.05, 4.69) is 9.88 Å². The van der Waals surface area contributed by atoms with Gasteiger partial charge in [-0.1, -0.05) is 26.3 Å². The summed E-state index contributed by atoms with van der Waals surface area (Å²) in [6, 6.07) is 5.71. The van der Waals surface area contributed by atoms with Crippen molar-refractivity contribution in [3.8, 4) is 11.5 Å². The van der Waals surface area contributed by atoms with Crippen molar-refractivity contribution in [3.63, 3.8) is 0 Å². The topological polar surface area (TPSA) is 123 Å². The lowest BCUT2D eigenvalue weighted by Gasteiger charge is -2.30. The number of nitrogens with one attached hydrogen (secondary N) is 1. The first kappa shape index (κ1) is 26.3. The zero-order valence-corrected chi connectivity index (χ0v) is 21.1. The van der Waals surface area contributed by atoms with Crippen LogP contribution in [0, 0.1) is 0 Å². The van der Waals surface area contributed by atoms with Gasteiger partial charge >= 0.3 is 5.69 Å². The Labute approximate surface area is 205 Å². The van der Waals surface area contributed by atoms with Gasteiger partial charge < -0.3 is 20.1 Å². The number of benzene rings is 1. The first-order chi connectivity index (χ1) is 16.9. The van der Waals surface area contributed by atoms with E-state index in [9.17, 15) is 14.4 Å². The molecule has 10 nitrogen and oxygen atoms in total. The number of carbonyl (C=O) groups is 1. The highest BCUT2D eigenvalue weighted by Crippen LogP contribution is 2.38. The number of nitrogens with zero attached hydrogens (tertiary/aromatic N) is 3. The molecule has 0 bridgehead atoms. The molecular formula is C25H37N5O5. The number of ether oxygens (including phenoxy) is 2. The molecule has 0 saturated carbocycles. The monoisotopic (exact) mass is 487 g/mol. The molecule has 1 aliphatic rings. The van der Waals surface area contributed by atoms with E-state index in [4.69, 9.17) is 15.2 Å². The van der Waals surface area contributed by atoms with Gasteiger partial charge in [0.05, 0.1) is 20.8 Å². The molecule has 2 heterocycles. The number of H-pyrrole nitrogens is 1. The van der Waals surface area contributed by atoms with E-state index in [-0.39, 0.29) is 30.0 Å². The average molecular weight is 488 g/mol. The summed E-state index contributed by atoms with van der Waals surface area (Å²) in [4.78, 5) is 44.6. The summed E-state index contributed by atoms with van der Waals surface area (Å²) < 4.78 is 12.2. The zero-order chi connectivity index (χ0) is 25.5. The summed E-state index contributed by atoms with van der Waals surface area (Å²) >= 11 is 0. The number of aromatic nitrogens is 2. The molecule has 1 aromatic carbocycles. The van der Waals surface area contributed by atoms with Gasteiger partial charge in [0.15, 0.2) is 5.69 Å². The predicted molar refractivity (Wildman–Crippen MR) is 136 cm³/mol. The quantitative estimate of drug-likeness (QED) is 0.499. The maximum atomic E-state index is 13.6. The summed E-state index contributed by atoms with van der Waals surface area (Å²) in [6.07, 6.45) is 4.03. The largest absolute Gasteiger partial charge is 0.497 e. The van der Waals surface area contributed by atoms with Crippen LogP contribution in [0.5, 0.6) is 11.5 Å². The lowest BCUT2D eigenvalue weighted by atomic mass is 10.0. The summed E-state index contributed by atoms with van der Waals surface area (Å²) in [5.41, 5.74) is 6.12. The second-order valence-corrected chi connectivity index (χ2v) is 8.78. The predicted octanol–water partition coefficient (Wildman–Crippen LogP) is 2.52. The van der Waals surface area contributed by atoms with Gasteiger partial charge in [0.25, 0.3) is 5.56 Å². The molecule has 1 aliphatic heterocycles. The van der Waals surface area contributed by atoms with Crippen LogP contribution in [0.15, 0.2) is 27.8 Å². The molecular weight excluding hydrogens is 450 g/mol. The maximum absolute atomic E-state index is 13.6. The number of hydrogen-bond acceptors (Lipinski definition) is 7. The molecule has 10 heteroatoms. The van der Waals surface area contributed by atoms with E-state index in [0.717, 1.165) is 31.4 Å². The summed E-state index contributed by atoms with van der Waals surface area (Å²) in [7, 11) is 3.23. The Hall–Kier alpha value is -3.27. The van der Waals surface area contributed by atoms with Crippen LogP contribution in [0.4, 0.5) is 11.5 Å². The molecule has 1 saturated heterocycles. The Morgan fingerprint density at radius 2 is 1.97 bits per heavy atom. The van der Waals surface area contributed by atoms with E-state index in [0.29, 0.717) is 37.4 Å². The fourth-order valence-corrected chi connectivity index (χ4v) is 4.68. The van der Waals surface area contributed by atoms with E-state index in [1.807, 2.05) is 32.0 Å². The Balaban J connectivity index is 1.93. The van der Waals surface area contributed by atoms with Gasteiger partial charge in [0.2, 0.25) is 5.91 Å². The number of rotatable bonds is 11. The van der Waals surface area contributed by atoms with Gasteiger partial charge in [0.1, 0.15) is 17.3 Å². The van der Waals surface area contributed by atoms with Gasteiger partial charge in [-0.15, -0.1) is 0 Å². The van der Waals surface area contributed by atoms with Crippen molar-refractivity contribution >= 4 is 17.4 Å². The molecule has 1 atom stereocenters. The van der Waals surface area contributed by atoms with Gasteiger partial charge in [-0.25, -0.2) is 4.79 Å². The third-order valence-corrected chi connectivity index (χ3v) is 6.47. The van der Waals surface area contributed by atoms with Crippen LogP contribution >= 0.6 is 0 Å². The lowest BCUT2D eigenvalue weighted by molar-refractivity contribution is -0.120. The van der Waals surface area contributed by atoms with E-state index >= 15 is 0 Å². The van der Waals surface area contributed by atoms with Crippen LogP contribution < -0.4 is 31.4 Å². The number of anilines is 2. The van der Waals surface area contributed by atoms with Crippen LogP contribution in [0.3, 0.4) is 0 Å². The molecule has 1 unspecified atom stereocenters. The van der Waals surface area contributed by atoms with E-state index in [1.54, 1.807) is 14.2 Å². The number of hydrogen-bond donors (Lipinski definition) is 2. The molecule has 0 spiro atoms. The fraction of sp³-hybridized carbons (Fsp3) is 0.560. The Morgan fingerprint density at radius 3 is 2.63 bits per heavy atom. The van der Waals surface area contributed by atoms with Crippen molar-refractivity contribution in [2.45, 2.75) is 58.5 Å². The van der Waals surface area contributed by atoms with Gasteiger partial charge in [0, 0.05) is 30.8 Å². The lowest BCUT2D eigenvalue weighted by Crippen LogP contribution is -2.45. The number of carbonyl (C=O) groups excluding carboxylic acids is 1. The molecule has 0 radical (unpaired) electrons. The second-order valence-electron chi connectivity index (χ2n) is 8.78. The minimum atomic E-state index is -0.640. The van der Waals surface area contributed by atoms with Gasteiger partial charge in [-0.2, -0.15) is 0 Å². The molecule has 0 aliphatic carbocycles.